The number of halogens is 1. The molecule has 0 radical (unpaired) electrons. The van der Waals surface area contributed by atoms with E-state index in [9.17, 15) is 9.59 Å². The third-order valence-electron chi connectivity index (χ3n) is 4.75. The summed E-state index contributed by atoms with van der Waals surface area (Å²) in [4.78, 5) is 29.8. The minimum atomic E-state index is -0.630. The molecule has 7 nitrogen and oxygen atoms in total. The molecule has 0 aliphatic heterocycles. The van der Waals surface area contributed by atoms with Crippen LogP contribution in [-0.2, 0) is 0 Å². The van der Waals surface area contributed by atoms with Crippen LogP contribution >= 0.6 is 22.9 Å². The molecule has 162 valence electrons. The van der Waals surface area contributed by atoms with E-state index in [0.29, 0.717) is 33.0 Å². The Morgan fingerprint density at radius 3 is 2.59 bits per heavy atom. The summed E-state index contributed by atoms with van der Waals surface area (Å²) < 4.78 is 6.94. The van der Waals surface area contributed by atoms with Gasteiger partial charge in [-0.2, -0.15) is 5.10 Å². The van der Waals surface area contributed by atoms with Crippen molar-refractivity contribution in [1.82, 2.24) is 14.8 Å². The topological polar surface area (TPSA) is 86.1 Å². The molecule has 2 aromatic heterocycles. The van der Waals surface area contributed by atoms with Crippen LogP contribution in [0.25, 0.3) is 16.9 Å². The number of carbonyl (C=O) groups excluding carboxylic acids is 1. The smallest absolute Gasteiger partial charge is 0.281 e. The first-order valence-corrected chi connectivity index (χ1v) is 10.9. The Balaban J connectivity index is 1.63. The van der Waals surface area contributed by atoms with Crippen LogP contribution in [0.4, 0.5) is 5.13 Å². The monoisotopic (exact) mass is 466 g/mol. The predicted octanol–water partition coefficient (Wildman–Crippen LogP) is 4.89. The molecule has 0 saturated heterocycles. The van der Waals surface area contributed by atoms with Gasteiger partial charge in [-0.1, -0.05) is 23.2 Å². The summed E-state index contributed by atoms with van der Waals surface area (Å²) in [7, 11) is 1.60. The summed E-state index contributed by atoms with van der Waals surface area (Å²) >= 11 is 7.21. The summed E-state index contributed by atoms with van der Waals surface area (Å²) in [5.41, 5.74) is 3.13. The first-order chi connectivity index (χ1) is 15.4. The molecule has 0 unspecified atom stereocenters. The predicted molar refractivity (Wildman–Crippen MR) is 126 cm³/mol. The third-order valence-corrected chi connectivity index (χ3v) is 5.76. The van der Waals surface area contributed by atoms with Crippen LogP contribution in [0.15, 0.2) is 58.7 Å². The molecule has 0 aliphatic rings. The third kappa shape index (κ3) is 4.42. The van der Waals surface area contributed by atoms with Gasteiger partial charge in [0, 0.05) is 27.7 Å². The van der Waals surface area contributed by atoms with Crippen molar-refractivity contribution in [3.05, 3.63) is 86.1 Å². The fraction of sp³-hybridized carbons (Fsp3) is 0.130. The number of carbonyl (C=O) groups is 1. The molecule has 2 heterocycles. The van der Waals surface area contributed by atoms with Gasteiger partial charge in [0.15, 0.2) is 10.8 Å². The summed E-state index contributed by atoms with van der Waals surface area (Å²) in [6, 6.07) is 14.1. The second-order valence-corrected chi connectivity index (χ2v) is 8.38. The largest absolute Gasteiger partial charge is 0.496 e. The van der Waals surface area contributed by atoms with Crippen LogP contribution in [0.3, 0.4) is 0 Å². The minimum Gasteiger partial charge on any atom is -0.496 e. The minimum absolute atomic E-state index is 0.226. The molecule has 0 atom stereocenters. The maximum Gasteiger partial charge on any atom is 0.281 e. The lowest BCUT2D eigenvalue weighted by atomic mass is 10.1. The van der Waals surface area contributed by atoms with Crippen molar-refractivity contribution in [2.45, 2.75) is 13.8 Å². The molecule has 4 aromatic rings. The number of anilines is 1. The lowest BCUT2D eigenvalue weighted by Crippen LogP contribution is -2.26. The Labute approximate surface area is 193 Å². The molecule has 1 amide bonds. The van der Waals surface area contributed by atoms with Gasteiger partial charge >= 0.3 is 0 Å². The number of aryl methyl sites for hydroxylation is 2. The molecule has 4 rings (SSSR count). The zero-order chi connectivity index (χ0) is 22.8. The van der Waals surface area contributed by atoms with E-state index in [2.05, 4.69) is 15.4 Å². The number of thiazole rings is 1. The molecule has 1 N–H and O–H groups in total. The number of benzene rings is 2. The van der Waals surface area contributed by atoms with Crippen LogP contribution in [0.1, 0.15) is 21.7 Å². The Morgan fingerprint density at radius 2 is 1.88 bits per heavy atom. The number of nitrogens with zero attached hydrogens (tertiary/aromatic N) is 3. The van der Waals surface area contributed by atoms with Gasteiger partial charge in [-0.25, -0.2) is 9.67 Å². The Kier molecular flexibility index (Phi) is 6.07. The average Bonchev–Trinajstić information content (AvgIpc) is 3.23. The number of rotatable bonds is 5. The normalized spacial score (nSPS) is 10.8. The van der Waals surface area contributed by atoms with Crippen LogP contribution in [0.2, 0.25) is 5.02 Å². The number of aromatic nitrogens is 3. The van der Waals surface area contributed by atoms with Crippen molar-refractivity contribution in [3.63, 3.8) is 0 Å². The van der Waals surface area contributed by atoms with E-state index in [0.717, 1.165) is 11.1 Å². The number of nitrogens with one attached hydrogen (secondary N) is 1. The lowest BCUT2D eigenvalue weighted by molar-refractivity contribution is 0.101. The fourth-order valence-corrected chi connectivity index (χ4v) is 4.01. The second kappa shape index (κ2) is 8.94. The summed E-state index contributed by atoms with van der Waals surface area (Å²) in [5, 5.41) is 9.71. The molecular weight excluding hydrogens is 448 g/mol. The molecule has 9 heteroatoms. The van der Waals surface area contributed by atoms with Crippen molar-refractivity contribution in [2.75, 3.05) is 12.4 Å². The van der Waals surface area contributed by atoms with Crippen LogP contribution in [-0.4, -0.2) is 27.8 Å². The fourth-order valence-electron chi connectivity index (χ4n) is 3.18. The molecule has 0 spiro atoms. The van der Waals surface area contributed by atoms with Gasteiger partial charge in [0.05, 0.1) is 18.5 Å². The van der Waals surface area contributed by atoms with Gasteiger partial charge in [0.1, 0.15) is 5.75 Å². The van der Waals surface area contributed by atoms with E-state index in [-0.39, 0.29) is 5.69 Å². The van der Waals surface area contributed by atoms with E-state index in [1.807, 2.05) is 30.5 Å². The molecular formula is C23H19ClN4O3S. The Morgan fingerprint density at radius 1 is 1.12 bits per heavy atom. The van der Waals surface area contributed by atoms with Crippen molar-refractivity contribution < 1.29 is 9.53 Å². The van der Waals surface area contributed by atoms with Crippen LogP contribution in [0, 0.1) is 13.8 Å². The van der Waals surface area contributed by atoms with Gasteiger partial charge in [0.25, 0.3) is 5.91 Å². The van der Waals surface area contributed by atoms with Crippen molar-refractivity contribution >= 4 is 34.0 Å². The molecule has 0 saturated carbocycles. The first kappa shape index (κ1) is 21.7. The first-order valence-electron chi connectivity index (χ1n) is 9.64. The van der Waals surface area contributed by atoms with E-state index in [1.54, 1.807) is 38.3 Å². The van der Waals surface area contributed by atoms with Crippen LogP contribution < -0.4 is 15.5 Å². The molecule has 0 bridgehead atoms. The highest BCUT2D eigenvalue weighted by Gasteiger charge is 2.18. The number of ether oxygens (including phenoxy) is 1. The maximum absolute atomic E-state index is 12.8. The highest BCUT2D eigenvalue weighted by Crippen LogP contribution is 2.33. The number of hydrogen-bond acceptors (Lipinski definition) is 6. The van der Waals surface area contributed by atoms with Gasteiger partial charge in [-0.05, 0) is 50.2 Å². The SMILES string of the molecule is COc1ccc(C)cc1-c1csc(NC(=O)c2nn(-c3ccc(Cl)cc3)c(C)cc2=O)n1. The lowest BCUT2D eigenvalue weighted by Gasteiger charge is -2.11. The zero-order valence-electron chi connectivity index (χ0n) is 17.5. The van der Waals surface area contributed by atoms with Crippen molar-refractivity contribution in [3.8, 4) is 22.7 Å². The average molecular weight is 467 g/mol. The zero-order valence-corrected chi connectivity index (χ0v) is 19.1. The molecule has 0 aliphatic carbocycles. The quantitative estimate of drug-likeness (QED) is 0.452. The maximum atomic E-state index is 12.8. The van der Waals surface area contributed by atoms with Crippen LogP contribution in [0.5, 0.6) is 5.75 Å². The molecule has 0 fully saturated rings. The summed E-state index contributed by atoms with van der Waals surface area (Å²) in [6.07, 6.45) is 0. The van der Waals surface area contributed by atoms with Gasteiger partial charge in [-0.3, -0.25) is 14.9 Å². The highest BCUT2D eigenvalue weighted by molar-refractivity contribution is 7.14. The Bertz CT molecular complexity index is 1360. The molecule has 2 aromatic carbocycles. The number of amides is 1. The van der Waals surface area contributed by atoms with Gasteiger partial charge in [-0.15, -0.1) is 11.3 Å². The van der Waals surface area contributed by atoms with E-state index < -0.39 is 11.3 Å². The van der Waals surface area contributed by atoms with Crippen molar-refractivity contribution in [1.29, 1.82) is 0 Å². The standard InChI is InChI=1S/C23H19ClN4O3S/c1-13-4-9-20(31-3)17(10-13)18-12-32-23(25-18)26-22(30)21-19(29)11-14(2)28(27-21)16-7-5-15(24)6-8-16/h4-12H,1-3H3,(H,25,26,30). The Hall–Kier alpha value is -3.49. The van der Waals surface area contributed by atoms with Crippen molar-refractivity contribution in [2.24, 2.45) is 0 Å². The van der Waals surface area contributed by atoms with Gasteiger partial charge in [0.2, 0.25) is 5.43 Å². The van der Waals surface area contributed by atoms with E-state index in [4.69, 9.17) is 16.3 Å². The van der Waals surface area contributed by atoms with E-state index in [1.165, 1.54) is 22.1 Å². The van der Waals surface area contributed by atoms with Gasteiger partial charge < -0.3 is 4.74 Å². The summed E-state index contributed by atoms with van der Waals surface area (Å²) in [6.45, 7) is 3.72. The van der Waals surface area contributed by atoms with E-state index >= 15 is 0 Å². The molecule has 32 heavy (non-hydrogen) atoms. The summed E-state index contributed by atoms with van der Waals surface area (Å²) in [5.74, 6) is 0.0552. The highest BCUT2D eigenvalue weighted by atomic mass is 35.5. The second-order valence-electron chi connectivity index (χ2n) is 7.08. The number of hydrogen-bond donors (Lipinski definition) is 1. The number of methoxy groups -OCH3 is 1.